The van der Waals surface area contributed by atoms with Crippen LogP contribution < -0.4 is 10.1 Å². The van der Waals surface area contributed by atoms with Gasteiger partial charge in [0, 0.05) is 18.7 Å². The molecular formula is C20H27NO3. The number of para-hydroxylation sites is 1. The van der Waals surface area contributed by atoms with Gasteiger partial charge in [-0.2, -0.15) is 0 Å². The molecule has 1 atom stereocenters. The average Bonchev–Trinajstić information content (AvgIpc) is 2.55. The number of rotatable bonds is 6. The maximum Gasteiger partial charge on any atom is 0.162 e. The molecule has 4 heteroatoms. The largest absolute Gasteiger partial charge is 0.504 e. The second kappa shape index (κ2) is 7.69. The third-order valence-corrected chi connectivity index (χ3v) is 4.12. The first-order valence-corrected chi connectivity index (χ1v) is 8.17. The van der Waals surface area contributed by atoms with Crippen LogP contribution in [0.4, 0.5) is 0 Å². The minimum absolute atomic E-state index is 0.103. The van der Waals surface area contributed by atoms with Gasteiger partial charge < -0.3 is 20.3 Å². The number of phenolic OH excluding ortho intramolecular Hbond substituents is 1. The summed E-state index contributed by atoms with van der Waals surface area (Å²) in [4.78, 5) is 0. The van der Waals surface area contributed by atoms with Crippen LogP contribution in [0.3, 0.4) is 0 Å². The molecule has 2 rings (SSSR count). The van der Waals surface area contributed by atoms with E-state index >= 15 is 0 Å². The van der Waals surface area contributed by atoms with E-state index in [4.69, 9.17) is 4.74 Å². The highest BCUT2D eigenvalue weighted by molar-refractivity contribution is 5.45. The van der Waals surface area contributed by atoms with Gasteiger partial charge in [0.2, 0.25) is 0 Å². The minimum atomic E-state index is -0.591. The number of aliphatic hydroxyl groups is 1. The van der Waals surface area contributed by atoms with Gasteiger partial charge >= 0.3 is 0 Å². The number of phenols is 1. The lowest BCUT2D eigenvalue weighted by molar-refractivity contribution is 0.174. The first-order valence-electron chi connectivity index (χ1n) is 8.17. The summed E-state index contributed by atoms with van der Waals surface area (Å²) in [5.74, 6) is 0.587. The Morgan fingerprint density at radius 2 is 1.75 bits per heavy atom. The van der Waals surface area contributed by atoms with E-state index in [0.29, 0.717) is 18.8 Å². The molecule has 0 aliphatic heterocycles. The van der Waals surface area contributed by atoms with Gasteiger partial charge in [0.1, 0.15) is 0 Å². The summed E-state index contributed by atoms with van der Waals surface area (Å²) in [5.41, 5.74) is 2.97. The summed E-state index contributed by atoms with van der Waals surface area (Å²) in [7, 11) is 1.53. The maximum atomic E-state index is 10.3. The van der Waals surface area contributed by atoms with E-state index in [9.17, 15) is 10.2 Å². The van der Waals surface area contributed by atoms with Crippen LogP contribution in [0.15, 0.2) is 42.5 Å². The van der Waals surface area contributed by atoms with Crippen molar-refractivity contribution < 1.29 is 14.9 Å². The molecule has 0 amide bonds. The molecule has 24 heavy (non-hydrogen) atoms. The number of hydrogen-bond donors (Lipinski definition) is 3. The Kier molecular flexibility index (Phi) is 5.86. The normalized spacial score (nSPS) is 12.9. The van der Waals surface area contributed by atoms with Crippen LogP contribution in [0.25, 0.3) is 0 Å². The van der Waals surface area contributed by atoms with Crippen molar-refractivity contribution >= 4 is 0 Å². The molecule has 0 radical (unpaired) electrons. The number of ether oxygens (including phenoxy) is 1. The number of hydrogen-bond acceptors (Lipinski definition) is 4. The van der Waals surface area contributed by atoms with Crippen molar-refractivity contribution in [3.63, 3.8) is 0 Å². The summed E-state index contributed by atoms with van der Waals surface area (Å²) in [6, 6.07) is 13.4. The molecule has 130 valence electrons. The summed E-state index contributed by atoms with van der Waals surface area (Å²) in [6.45, 7) is 7.37. The third kappa shape index (κ3) is 4.49. The van der Waals surface area contributed by atoms with E-state index in [1.54, 1.807) is 6.07 Å². The molecule has 2 aromatic rings. The fourth-order valence-corrected chi connectivity index (χ4v) is 2.54. The highest BCUT2D eigenvalue weighted by atomic mass is 16.5. The summed E-state index contributed by atoms with van der Waals surface area (Å²) in [5, 5.41) is 23.5. The average molecular weight is 329 g/mol. The number of benzene rings is 2. The third-order valence-electron chi connectivity index (χ3n) is 4.12. The van der Waals surface area contributed by atoms with Crippen LogP contribution in [0, 0.1) is 0 Å². The Labute approximate surface area is 144 Å². The number of aromatic hydroxyl groups is 1. The fraction of sp³-hybridized carbons (Fsp3) is 0.400. The van der Waals surface area contributed by atoms with Crippen LogP contribution in [-0.4, -0.2) is 23.9 Å². The molecule has 3 N–H and O–H groups in total. The predicted octanol–water partition coefficient (Wildman–Crippen LogP) is 3.52. The van der Waals surface area contributed by atoms with Gasteiger partial charge in [-0.1, -0.05) is 57.2 Å². The van der Waals surface area contributed by atoms with Gasteiger partial charge in [0.15, 0.2) is 11.5 Å². The number of aliphatic hydroxyl groups excluding tert-OH is 1. The Balaban J connectivity index is 1.93. The van der Waals surface area contributed by atoms with E-state index in [2.05, 4.69) is 38.2 Å². The molecule has 0 aliphatic carbocycles. The molecule has 0 fully saturated rings. The highest BCUT2D eigenvalue weighted by Gasteiger charge is 2.15. The molecule has 0 saturated carbocycles. The zero-order valence-corrected chi connectivity index (χ0v) is 14.8. The van der Waals surface area contributed by atoms with Gasteiger partial charge in [0.25, 0.3) is 0 Å². The van der Waals surface area contributed by atoms with Gasteiger partial charge in [-0.15, -0.1) is 0 Å². The van der Waals surface area contributed by atoms with Crippen molar-refractivity contribution in [2.75, 3.05) is 13.7 Å². The topological polar surface area (TPSA) is 61.7 Å². The maximum absolute atomic E-state index is 10.3. The van der Waals surface area contributed by atoms with Gasteiger partial charge in [-0.05, 0) is 22.6 Å². The highest BCUT2D eigenvalue weighted by Crippen LogP contribution is 2.29. The van der Waals surface area contributed by atoms with Crippen molar-refractivity contribution in [3.8, 4) is 11.5 Å². The second-order valence-electron chi connectivity index (χ2n) is 6.99. The summed E-state index contributed by atoms with van der Waals surface area (Å²) < 4.78 is 5.09. The van der Waals surface area contributed by atoms with E-state index in [-0.39, 0.29) is 11.2 Å². The molecule has 0 bridgehead atoms. The number of nitrogens with one attached hydrogen (secondary N) is 1. The van der Waals surface area contributed by atoms with Crippen LogP contribution in [0.2, 0.25) is 0 Å². The molecule has 0 spiro atoms. The van der Waals surface area contributed by atoms with Crippen molar-refractivity contribution in [3.05, 3.63) is 59.2 Å². The van der Waals surface area contributed by atoms with Crippen LogP contribution in [-0.2, 0) is 12.0 Å². The fourth-order valence-electron chi connectivity index (χ4n) is 2.54. The smallest absolute Gasteiger partial charge is 0.162 e. The first-order chi connectivity index (χ1) is 11.3. The predicted molar refractivity (Wildman–Crippen MR) is 96.5 cm³/mol. The molecule has 0 saturated heterocycles. The van der Waals surface area contributed by atoms with Crippen molar-refractivity contribution in [2.24, 2.45) is 0 Å². The Morgan fingerprint density at radius 3 is 2.33 bits per heavy atom. The van der Waals surface area contributed by atoms with Crippen molar-refractivity contribution in [1.82, 2.24) is 5.32 Å². The second-order valence-corrected chi connectivity index (χ2v) is 6.99. The summed E-state index contributed by atoms with van der Waals surface area (Å²) in [6.07, 6.45) is -0.591. The number of methoxy groups -OCH3 is 1. The van der Waals surface area contributed by atoms with Crippen LogP contribution in [0.5, 0.6) is 11.5 Å². The van der Waals surface area contributed by atoms with E-state index in [0.717, 1.165) is 11.1 Å². The quantitative estimate of drug-likeness (QED) is 0.759. The molecule has 1 unspecified atom stereocenters. The zero-order valence-electron chi connectivity index (χ0n) is 14.8. The SMILES string of the molecule is COc1cccc(CNCC(O)c2ccc(C(C)(C)C)cc2)c1O. The first kappa shape index (κ1) is 18.3. The van der Waals surface area contributed by atoms with Gasteiger partial charge in [-0.3, -0.25) is 0 Å². The molecule has 0 aliphatic rings. The van der Waals surface area contributed by atoms with Gasteiger partial charge in [-0.25, -0.2) is 0 Å². The molecule has 4 nitrogen and oxygen atoms in total. The standard InChI is InChI=1S/C20H27NO3/c1-20(2,3)16-10-8-14(9-11-16)17(22)13-21-12-15-6-5-7-18(24-4)19(15)23/h5-11,17,21-23H,12-13H2,1-4H3. The monoisotopic (exact) mass is 329 g/mol. The Morgan fingerprint density at radius 1 is 1.08 bits per heavy atom. The summed E-state index contributed by atoms with van der Waals surface area (Å²) >= 11 is 0. The van der Waals surface area contributed by atoms with Crippen molar-refractivity contribution in [2.45, 2.75) is 38.8 Å². The van der Waals surface area contributed by atoms with E-state index in [1.807, 2.05) is 24.3 Å². The molecule has 0 heterocycles. The lowest BCUT2D eigenvalue weighted by Gasteiger charge is -2.20. The van der Waals surface area contributed by atoms with Crippen molar-refractivity contribution in [1.29, 1.82) is 0 Å². The van der Waals surface area contributed by atoms with Crippen LogP contribution in [0.1, 0.15) is 43.6 Å². The minimum Gasteiger partial charge on any atom is -0.504 e. The van der Waals surface area contributed by atoms with E-state index < -0.39 is 6.10 Å². The zero-order chi connectivity index (χ0) is 17.7. The lowest BCUT2D eigenvalue weighted by Crippen LogP contribution is -2.21. The van der Waals surface area contributed by atoms with E-state index in [1.165, 1.54) is 12.7 Å². The lowest BCUT2D eigenvalue weighted by atomic mass is 9.86. The molecule has 2 aromatic carbocycles. The Bertz CT molecular complexity index is 660. The van der Waals surface area contributed by atoms with Crippen LogP contribution >= 0.6 is 0 Å². The Hall–Kier alpha value is -2.04. The molecule has 0 aromatic heterocycles. The van der Waals surface area contributed by atoms with Gasteiger partial charge in [0.05, 0.1) is 13.2 Å². The molecular weight excluding hydrogens is 302 g/mol.